The molecule has 1 saturated heterocycles. The molecule has 1 aliphatic carbocycles. The second-order valence-corrected chi connectivity index (χ2v) is 9.62. The Morgan fingerprint density at radius 1 is 1.06 bits per heavy atom. The summed E-state index contributed by atoms with van der Waals surface area (Å²) < 4.78 is 26.9. The number of hydrogen-bond donors (Lipinski definition) is 0. The number of hydrogen-bond acceptors (Lipinski definition) is 4. The van der Waals surface area contributed by atoms with Gasteiger partial charge in [-0.2, -0.15) is 0 Å². The Labute approximate surface area is 191 Å². The fourth-order valence-corrected chi connectivity index (χ4v) is 5.23. The van der Waals surface area contributed by atoms with Crippen LogP contribution in [0.4, 0.5) is 20.3 Å². The van der Waals surface area contributed by atoms with E-state index in [0.717, 1.165) is 60.4 Å². The Morgan fingerprint density at radius 3 is 2.61 bits per heavy atom. The van der Waals surface area contributed by atoms with Gasteiger partial charge in [0.2, 0.25) is 0 Å². The average molecular weight is 453 g/mol. The Bertz CT molecular complexity index is 1140. The van der Waals surface area contributed by atoms with E-state index in [0.29, 0.717) is 18.2 Å². The predicted octanol–water partition coefficient (Wildman–Crippen LogP) is 4.16. The zero-order valence-corrected chi connectivity index (χ0v) is 18.4. The fourth-order valence-electron chi connectivity index (χ4n) is 5.23. The normalized spacial score (nSPS) is 21.8. The van der Waals surface area contributed by atoms with E-state index in [1.165, 1.54) is 4.90 Å². The van der Waals surface area contributed by atoms with Crippen molar-refractivity contribution in [2.75, 3.05) is 24.5 Å². The summed E-state index contributed by atoms with van der Waals surface area (Å²) >= 11 is 0. The maximum atomic E-state index is 13.5. The number of aromatic nitrogens is 1. The molecule has 4 heterocycles. The Balaban J connectivity index is 1.24. The van der Waals surface area contributed by atoms with Gasteiger partial charge in [0, 0.05) is 62.5 Å². The highest BCUT2D eigenvalue weighted by Crippen LogP contribution is 2.38. The first-order valence-corrected chi connectivity index (χ1v) is 11.8. The molecule has 0 unspecified atom stereocenters. The van der Waals surface area contributed by atoms with Crippen LogP contribution in [0, 0.1) is 0 Å². The number of anilines is 2. The van der Waals surface area contributed by atoms with Crippen molar-refractivity contribution < 1.29 is 18.4 Å². The number of nitrogens with zero attached hydrogens (tertiary/aromatic N) is 4. The van der Waals surface area contributed by atoms with E-state index in [-0.39, 0.29) is 37.7 Å². The minimum absolute atomic E-state index is 0.0702. The summed E-state index contributed by atoms with van der Waals surface area (Å²) in [6.45, 7) is 1.62. The molecule has 2 amide bonds. The van der Waals surface area contributed by atoms with Crippen molar-refractivity contribution in [2.24, 2.45) is 0 Å². The largest absolute Gasteiger partial charge is 0.338 e. The number of carbonyl (C=O) groups is 2. The van der Waals surface area contributed by atoms with E-state index in [1.54, 1.807) is 6.20 Å². The van der Waals surface area contributed by atoms with Crippen LogP contribution < -0.4 is 4.90 Å². The smallest absolute Gasteiger partial charge is 0.255 e. The average Bonchev–Trinajstić information content (AvgIpc) is 3.61. The number of alkyl halides is 2. The fraction of sp³-hybridized carbons (Fsp3) is 0.480. The van der Waals surface area contributed by atoms with E-state index in [1.807, 2.05) is 23.1 Å². The molecule has 8 heteroatoms. The van der Waals surface area contributed by atoms with Gasteiger partial charge in [-0.1, -0.05) is 0 Å². The van der Waals surface area contributed by atoms with Gasteiger partial charge in [0.25, 0.3) is 17.7 Å². The van der Waals surface area contributed by atoms with Crippen LogP contribution in [0.2, 0.25) is 0 Å². The lowest BCUT2D eigenvalue weighted by atomic mass is 10.0. The highest BCUT2D eigenvalue weighted by atomic mass is 19.3. The topological polar surface area (TPSA) is 56.8 Å². The van der Waals surface area contributed by atoms with Crippen molar-refractivity contribution in [3.05, 3.63) is 52.7 Å². The zero-order valence-electron chi connectivity index (χ0n) is 18.4. The van der Waals surface area contributed by atoms with Gasteiger partial charge in [0.1, 0.15) is 5.82 Å². The number of rotatable bonds is 3. The first-order valence-electron chi connectivity index (χ1n) is 11.8. The number of halogens is 2. The second kappa shape index (κ2) is 7.50. The summed E-state index contributed by atoms with van der Waals surface area (Å²) in [5, 5.41) is 0. The summed E-state index contributed by atoms with van der Waals surface area (Å²) in [7, 11) is 0. The summed E-state index contributed by atoms with van der Waals surface area (Å²) in [5.41, 5.74) is 4.31. The van der Waals surface area contributed by atoms with Gasteiger partial charge < -0.3 is 14.7 Å². The Kier molecular flexibility index (Phi) is 4.67. The number of amides is 2. The molecule has 2 fully saturated rings. The van der Waals surface area contributed by atoms with Crippen LogP contribution in [0.3, 0.4) is 0 Å². The number of piperidine rings is 1. The van der Waals surface area contributed by atoms with E-state index >= 15 is 0 Å². The first-order chi connectivity index (χ1) is 15.9. The third-order valence-corrected chi connectivity index (χ3v) is 7.28. The van der Waals surface area contributed by atoms with E-state index in [9.17, 15) is 18.4 Å². The van der Waals surface area contributed by atoms with Crippen molar-refractivity contribution in [3.63, 3.8) is 0 Å². The Hall–Kier alpha value is -3.03. The van der Waals surface area contributed by atoms with Crippen LogP contribution in [0.25, 0.3) is 0 Å². The molecule has 0 atom stereocenters. The highest BCUT2D eigenvalue weighted by molar-refractivity contribution is 5.99. The van der Waals surface area contributed by atoms with Crippen LogP contribution in [0.5, 0.6) is 0 Å². The maximum absolute atomic E-state index is 13.5. The van der Waals surface area contributed by atoms with Crippen LogP contribution in [0.15, 0.2) is 30.5 Å². The molecule has 0 N–H and O–H groups in total. The first kappa shape index (κ1) is 20.6. The lowest BCUT2D eigenvalue weighted by molar-refractivity contribution is -0.0494. The minimum atomic E-state index is -2.68. The molecular formula is C25H26F2N4O2. The van der Waals surface area contributed by atoms with Crippen LogP contribution in [-0.2, 0) is 13.0 Å². The molecule has 6 nitrogen and oxygen atoms in total. The number of fused-ring (bicyclic) bond motifs is 2. The van der Waals surface area contributed by atoms with Crippen molar-refractivity contribution in [3.8, 4) is 0 Å². The molecule has 0 bridgehead atoms. The lowest BCUT2D eigenvalue weighted by Crippen LogP contribution is -2.42. The molecule has 2 aromatic rings. The third-order valence-electron chi connectivity index (χ3n) is 7.28. The third kappa shape index (κ3) is 3.65. The molecule has 0 radical (unpaired) electrons. The maximum Gasteiger partial charge on any atom is 0.255 e. The second-order valence-electron chi connectivity index (χ2n) is 9.62. The molecule has 1 aromatic carbocycles. The number of pyridine rings is 1. The molecule has 1 aromatic heterocycles. The van der Waals surface area contributed by atoms with Gasteiger partial charge in [-0.25, -0.2) is 13.8 Å². The summed E-state index contributed by atoms with van der Waals surface area (Å²) in [5.74, 6) is -1.95. The van der Waals surface area contributed by atoms with Gasteiger partial charge >= 0.3 is 0 Å². The molecule has 0 spiro atoms. The van der Waals surface area contributed by atoms with Gasteiger partial charge in [-0.3, -0.25) is 9.59 Å². The van der Waals surface area contributed by atoms with Crippen molar-refractivity contribution >= 4 is 23.3 Å². The van der Waals surface area contributed by atoms with Crippen molar-refractivity contribution in [2.45, 2.75) is 57.0 Å². The SMILES string of the molecule is O=C(c1cnc2c(c1)CCCN2c1ccc2c(c1)CN(C1CC1)C2=O)N1CCC(F)(F)CC1. The van der Waals surface area contributed by atoms with Crippen LogP contribution in [-0.4, -0.2) is 58.2 Å². The van der Waals surface area contributed by atoms with Crippen molar-refractivity contribution in [1.29, 1.82) is 0 Å². The standard InChI is InChI=1S/C25H26F2N4O2/c26-25(27)7-10-29(11-8-25)23(32)17-12-16-2-1-9-30(22(16)28-14-17)20-5-6-21-18(13-20)15-31(24(21)33)19-3-4-19/h5-6,12-14,19H,1-4,7-11,15H2. The zero-order chi connectivity index (χ0) is 22.7. The molecule has 3 aliphatic heterocycles. The van der Waals surface area contributed by atoms with E-state index in [4.69, 9.17) is 0 Å². The summed E-state index contributed by atoms with van der Waals surface area (Å²) in [4.78, 5) is 35.8. The number of likely N-dealkylation sites (tertiary alicyclic amines) is 1. The lowest BCUT2D eigenvalue weighted by Gasteiger charge is -2.33. The number of carbonyl (C=O) groups excluding carboxylic acids is 2. The quantitative estimate of drug-likeness (QED) is 0.702. The highest BCUT2D eigenvalue weighted by Gasteiger charge is 2.39. The minimum Gasteiger partial charge on any atom is -0.338 e. The van der Waals surface area contributed by atoms with E-state index in [2.05, 4.69) is 16.0 Å². The molecular weight excluding hydrogens is 426 g/mol. The molecule has 4 aliphatic rings. The number of aryl methyl sites for hydroxylation is 1. The summed E-state index contributed by atoms with van der Waals surface area (Å²) in [6.07, 6.45) is 4.92. The van der Waals surface area contributed by atoms with Crippen molar-refractivity contribution in [1.82, 2.24) is 14.8 Å². The van der Waals surface area contributed by atoms with Gasteiger partial charge in [0.05, 0.1) is 5.56 Å². The van der Waals surface area contributed by atoms with E-state index < -0.39 is 5.92 Å². The van der Waals surface area contributed by atoms with Crippen LogP contribution >= 0.6 is 0 Å². The van der Waals surface area contributed by atoms with Gasteiger partial charge in [-0.15, -0.1) is 0 Å². The molecule has 1 saturated carbocycles. The molecule has 6 rings (SSSR count). The Morgan fingerprint density at radius 2 is 1.85 bits per heavy atom. The summed E-state index contributed by atoms with van der Waals surface area (Å²) in [6, 6.07) is 8.27. The molecule has 172 valence electrons. The monoisotopic (exact) mass is 452 g/mol. The van der Waals surface area contributed by atoms with Gasteiger partial charge in [0.15, 0.2) is 0 Å². The molecule has 33 heavy (non-hydrogen) atoms. The predicted molar refractivity (Wildman–Crippen MR) is 119 cm³/mol. The van der Waals surface area contributed by atoms with Gasteiger partial charge in [-0.05, 0) is 61.1 Å². The van der Waals surface area contributed by atoms with Crippen LogP contribution in [0.1, 0.15) is 63.9 Å². The number of benzene rings is 1.